The molecule has 88 valence electrons. The molecule has 2 atom stereocenters. The van der Waals surface area contributed by atoms with Crippen molar-refractivity contribution in [2.75, 3.05) is 13.1 Å². The van der Waals surface area contributed by atoms with Gasteiger partial charge in [-0.05, 0) is 26.7 Å². The first-order valence-corrected chi connectivity index (χ1v) is 5.35. The summed E-state index contributed by atoms with van der Waals surface area (Å²) in [5, 5.41) is 3.40. The molecule has 1 amide bonds. The maximum absolute atomic E-state index is 11.9. The van der Waals surface area contributed by atoms with E-state index in [9.17, 15) is 4.79 Å². The van der Waals surface area contributed by atoms with E-state index in [2.05, 4.69) is 19.2 Å². The quantitative estimate of drug-likeness (QED) is 0.676. The molecule has 0 aromatic carbocycles. The number of nitrogens with zero attached hydrogens (tertiary/aromatic N) is 1. The van der Waals surface area contributed by atoms with Gasteiger partial charge in [-0.3, -0.25) is 4.79 Å². The van der Waals surface area contributed by atoms with Gasteiger partial charge in [-0.15, -0.1) is 12.4 Å². The molecule has 2 fully saturated rings. The number of hydrogen-bond donors (Lipinski definition) is 2. The predicted molar refractivity (Wildman–Crippen MR) is 62.0 cm³/mol. The second-order valence-electron chi connectivity index (χ2n) is 4.84. The Morgan fingerprint density at radius 1 is 1.33 bits per heavy atom. The molecule has 1 saturated carbocycles. The van der Waals surface area contributed by atoms with Gasteiger partial charge in [0, 0.05) is 25.2 Å². The number of nitrogens with one attached hydrogen (secondary N) is 1. The van der Waals surface area contributed by atoms with Crippen LogP contribution in [0.2, 0.25) is 0 Å². The van der Waals surface area contributed by atoms with Gasteiger partial charge in [0.25, 0.3) is 0 Å². The van der Waals surface area contributed by atoms with Gasteiger partial charge in [0.15, 0.2) is 0 Å². The minimum atomic E-state index is -0.503. The number of rotatable bonds is 1. The molecular weight excluding hydrogens is 214 g/mol. The summed E-state index contributed by atoms with van der Waals surface area (Å²) in [6.45, 7) is 5.79. The predicted octanol–water partition coefficient (Wildman–Crippen LogP) is 0.108. The standard InChI is InChI=1S/C10H19N3O.ClH/c1-7-5-13(6-8(2)12-7)9(14)10(11)3-4-10;/h7-8,12H,3-6,11H2,1-2H3;1H. The van der Waals surface area contributed by atoms with Crippen LogP contribution in [0.3, 0.4) is 0 Å². The van der Waals surface area contributed by atoms with Crippen LogP contribution in [0.4, 0.5) is 0 Å². The molecule has 0 aromatic heterocycles. The lowest BCUT2D eigenvalue weighted by Crippen LogP contribution is -2.59. The van der Waals surface area contributed by atoms with E-state index >= 15 is 0 Å². The van der Waals surface area contributed by atoms with Crippen molar-refractivity contribution in [1.82, 2.24) is 10.2 Å². The summed E-state index contributed by atoms with van der Waals surface area (Å²) >= 11 is 0. The highest BCUT2D eigenvalue weighted by Gasteiger charge is 2.48. The second kappa shape index (κ2) is 4.28. The highest BCUT2D eigenvalue weighted by Crippen LogP contribution is 2.34. The van der Waals surface area contributed by atoms with E-state index in [0.717, 1.165) is 25.9 Å². The number of amides is 1. The van der Waals surface area contributed by atoms with E-state index < -0.39 is 5.54 Å². The SMILES string of the molecule is CC1CN(C(=O)C2(N)CC2)CC(C)N1.Cl. The summed E-state index contributed by atoms with van der Waals surface area (Å²) in [6, 6.07) is 0.759. The fourth-order valence-electron chi connectivity index (χ4n) is 2.16. The van der Waals surface area contributed by atoms with Gasteiger partial charge in [-0.1, -0.05) is 0 Å². The number of carbonyl (C=O) groups is 1. The van der Waals surface area contributed by atoms with Crippen molar-refractivity contribution in [3.8, 4) is 0 Å². The molecule has 2 rings (SSSR count). The average Bonchev–Trinajstić information content (AvgIpc) is 2.82. The lowest BCUT2D eigenvalue weighted by molar-refractivity contribution is -0.135. The van der Waals surface area contributed by atoms with E-state index in [-0.39, 0.29) is 18.3 Å². The van der Waals surface area contributed by atoms with Crippen LogP contribution >= 0.6 is 12.4 Å². The van der Waals surface area contributed by atoms with Crippen LogP contribution in [0.25, 0.3) is 0 Å². The molecule has 15 heavy (non-hydrogen) atoms. The van der Waals surface area contributed by atoms with Gasteiger partial charge in [0.05, 0.1) is 5.54 Å². The number of halogens is 1. The van der Waals surface area contributed by atoms with Gasteiger partial charge in [-0.25, -0.2) is 0 Å². The Hall–Kier alpha value is -0.320. The van der Waals surface area contributed by atoms with Crippen LogP contribution in [-0.2, 0) is 4.79 Å². The first kappa shape index (κ1) is 12.7. The molecule has 1 heterocycles. The zero-order chi connectivity index (χ0) is 10.3. The molecular formula is C10H20ClN3O. The topological polar surface area (TPSA) is 58.4 Å². The molecule has 0 bridgehead atoms. The van der Waals surface area contributed by atoms with Crippen LogP contribution < -0.4 is 11.1 Å². The van der Waals surface area contributed by atoms with E-state index in [1.54, 1.807) is 0 Å². The Kier molecular flexibility index (Phi) is 3.63. The zero-order valence-corrected chi connectivity index (χ0v) is 10.1. The van der Waals surface area contributed by atoms with Gasteiger partial charge >= 0.3 is 0 Å². The van der Waals surface area contributed by atoms with E-state index in [1.165, 1.54) is 0 Å². The van der Waals surface area contributed by atoms with Gasteiger partial charge < -0.3 is 16.0 Å². The Bertz CT molecular complexity index is 245. The molecule has 4 nitrogen and oxygen atoms in total. The monoisotopic (exact) mass is 233 g/mol. The largest absolute Gasteiger partial charge is 0.338 e. The Morgan fingerprint density at radius 3 is 2.20 bits per heavy atom. The summed E-state index contributed by atoms with van der Waals surface area (Å²) in [5.74, 6) is 0.151. The van der Waals surface area contributed by atoms with Gasteiger partial charge in [0.2, 0.25) is 5.91 Å². The minimum absolute atomic E-state index is 0. The van der Waals surface area contributed by atoms with Gasteiger partial charge in [-0.2, -0.15) is 0 Å². The molecule has 1 saturated heterocycles. The Morgan fingerprint density at radius 2 is 1.80 bits per heavy atom. The summed E-state index contributed by atoms with van der Waals surface area (Å²) in [4.78, 5) is 13.9. The third kappa shape index (κ3) is 2.62. The Balaban J connectivity index is 0.00000112. The molecule has 2 aliphatic rings. The summed E-state index contributed by atoms with van der Waals surface area (Å²) in [5.41, 5.74) is 5.40. The molecule has 2 unspecified atom stereocenters. The first-order valence-electron chi connectivity index (χ1n) is 5.35. The fraction of sp³-hybridized carbons (Fsp3) is 0.900. The van der Waals surface area contributed by atoms with Crippen LogP contribution in [0, 0.1) is 0 Å². The van der Waals surface area contributed by atoms with Crippen molar-refractivity contribution < 1.29 is 4.79 Å². The lowest BCUT2D eigenvalue weighted by atomic mass is 10.1. The summed E-state index contributed by atoms with van der Waals surface area (Å²) < 4.78 is 0. The van der Waals surface area contributed by atoms with Crippen molar-refractivity contribution >= 4 is 18.3 Å². The maximum atomic E-state index is 11.9. The molecule has 0 aromatic rings. The van der Waals surface area contributed by atoms with Crippen molar-refractivity contribution in [3.05, 3.63) is 0 Å². The van der Waals surface area contributed by atoms with Crippen molar-refractivity contribution in [1.29, 1.82) is 0 Å². The highest BCUT2D eigenvalue weighted by molar-refractivity contribution is 5.89. The minimum Gasteiger partial charge on any atom is -0.338 e. The molecule has 0 spiro atoms. The molecule has 1 aliphatic carbocycles. The lowest BCUT2D eigenvalue weighted by Gasteiger charge is -2.37. The number of carbonyl (C=O) groups excluding carboxylic acids is 1. The fourth-order valence-corrected chi connectivity index (χ4v) is 2.16. The van der Waals surface area contributed by atoms with Crippen LogP contribution in [0.1, 0.15) is 26.7 Å². The van der Waals surface area contributed by atoms with E-state index in [4.69, 9.17) is 5.73 Å². The highest BCUT2D eigenvalue weighted by atomic mass is 35.5. The first-order chi connectivity index (χ1) is 6.51. The van der Waals surface area contributed by atoms with Crippen LogP contribution in [-0.4, -0.2) is 41.5 Å². The number of hydrogen-bond acceptors (Lipinski definition) is 3. The number of piperazine rings is 1. The smallest absolute Gasteiger partial charge is 0.242 e. The average molecular weight is 234 g/mol. The van der Waals surface area contributed by atoms with Crippen molar-refractivity contribution in [2.45, 2.75) is 44.3 Å². The van der Waals surface area contributed by atoms with Crippen molar-refractivity contribution in [3.63, 3.8) is 0 Å². The maximum Gasteiger partial charge on any atom is 0.242 e. The molecule has 3 N–H and O–H groups in total. The third-order valence-corrected chi connectivity index (χ3v) is 3.06. The second-order valence-corrected chi connectivity index (χ2v) is 4.84. The number of nitrogens with two attached hydrogens (primary N) is 1. The van der Waals surface area contributed by atoms with Crippen LogP contribution in [0.15, 0.2) is 0 Å². The zero-order valence-electron chi connectivity index (χ0n) is 9.32. The van der Waals surface area contributed by atoms with E-state index in [0.29, 0.717) is 12.1 Å². The van der Waals surface area contributed by atoms with Gasteiger partial charge in [0.1, 0.15) is 0 Å². The Labute approximate surface area is 97.0 Å². The molecule has 1 aliphatic heterocycles. The van der Waals surface area contributed by atoms with E-state index in [1.807, 2.05) is 4.90 Å². The molecule has 0 radical (unpaired) electrons. The van der Waals surface area contributed by atoms with Crippen molar-refractivity contribution in [2.24, 2.45) is 5.73 Å². The third-order valence-electron chi connectivity index (χ3n) is 3.06. The summed E-state index contributed by atoms with van der Waals surface area (Å²) in [7, 11) is 0. The molecule has 5 heteroatoms. The van der Waals surface area contributed by atoms with Crippen LogP contribution in [0.5, 0.6) is 0 Å². The normalized spacial score (nSPS) is 33.1. The summed E-state index contributed by atoms with van der Waals surface area (Å²) in [6.07, 6.45) is 1.72.